The van der Waals surface area contributed by atoms with Crippen molar-refractivity contribution in [3.8, 4) is 95.0 Å². The van der Waals surface area contributed by atoms with Crippen molar-refractivity contribution in [1.29, 1.82) is 0 Å². The van der Waals surface area contributed by atoms with E-state index in [-0.39, 0.29) is 48.7 Å². The zero-order valence-corrected chi connectivity index (χ0v) is 52.1. The zero-order valence-electron chi connectivity index (χ0n) is 49.7. The second-order valence-electron chi connectivity index (χ2n) is 25.0. The van der Waals surface area contributed by atoms with Crippen LogP contribution in [0.25, 0.3) is 95.0 Å². The van der Waals surface area contributed by atoms with Crippen molar-refractivity contribution < 1.29 is 20.1 Å². The Morgan fingerprint density at radius 1 is 0.360 bits per heavy atom. The third-order valence-electron chi connectivity index (χ3n) is 17.4. The zero-order chi connectivity index (χ0) is 58.1. The van der Waals surface area contributed by atoms with Crippen molar-refractivity contribution in [1.82, 2.24) is 19.7 Å². The molecule has 0 spiro atoms. The maximum absolute atomic E-state index is 4.93. The molecule has 5 heteroatoms. The average molecular weight is 1290 g/mol. The van der Waals surface area contributed by atoms with Gasteiger partial charge in [0, 0.05) is 24.8 Å². The summed E-state index contributed by atoms with van der Waals surface area (Å²) in [7, 11) is 0. The molecular weight excluding hydrogens is 1220 g/mol. The Balaban J connectivity index is 0.00000724. The van der Waals surface area contributed by atoms with E-state index in [9.17, 15) is 0 Å². The monoisotopic (exact) mass is 1290 g/mol. The van der Waals surface area contributed by atoms with E-state index in [2.05, 4.69) is 289 Å². The van der Waals surface area contributed by atoms with Crippen LogP contribution in [0.4, 0.5) is 0 Å². The van der Waals surface area contributed by atoms with Crippen LogP contribution >= 0.6 is 0 Å². The number of rotatable bonds is 12. The molecule has 0 N–H and O–H groups in total. The molecule has 1 aliphatic rings. The van der Waals surface area contributed by atoms with Crippen molar-refractivity contribution in [2.24, 2.45) is 0 Å². The van der Waals surface area contributed by atoms with E-state index in [4.69, 9.17) is 9.97 Å². The van der Waals surface area contributed by atoms with Crippen LogP contribution in [0.2, 0.25) is 0 Å². The van der Waals surface area contributed by atoms with Gasteiger partial charge in [0.05, 0.1) is 0 Å². The van der Waals surface area contributed by atoms with E-state index in [0.29, 0.717) is 0 Å². The predicted molar refractivity (Wildman–Crippen MR) is 352 cm³/mol. The summed E-state index contributed by atoms with van der Waals surface area (Å²) < 4.78 is 1.90. The van der Waals surface area contributed by atoms with E-state index in [1.54, 1.807) is 0 Å². The molecule has 4 nitrogen and oxygen atoms in total. The van der Waals surface area contributed by atoms with Gasteiger partial charge in [0.2, 0.25) is 0 Å². The molecule has 1 fully saturated rings. The van der Waals surface area contributed by atoms with Crippen LogP contribution in [0.1, 0.15) is 106 Å². The topological polar surface area (TPSA) is 43.6 Å². The van der Waals surface area contributed by atoms with E-state index in [1.807, 2.05) is 35.5 Å². The minimum Gasteiger partial charge on any atom is -0.305 e. The van der Waals surface area contributed by atoms with Gasteiger partial charge >= 0.3 is 20.1 Å². The van der Waals surface area contributed by atoms with Crippen LogP contribution in [-0.4, -0.2) is 19.7 Å². The molecule has 2 atom stereocenters. The van der Waals surface area contributed by atoms with Crippen LogP contribution in [-0.2, 0) is 30.9 Å². The largest absolute Gasteiger partial charge is 3.00 e. The number of hydrogen-bond acceptors (Lipinski definition) is 3. The van der Waals surface area contributed by atoms with Crippen LogP contribution in [0.3, 0.4) is 0 Å². The van der Waals surface area contributed by atoms with Gasteiger partial charge in [-0.1, -0.05) is 256 Å². The summed E-state index contributed by atoms with van der Waals surface area (Å²) in [6.45, 7) is 13.5. The van der Waals surface area contributed by atoms with Gasteiger partial charge in [-0.25, -0.2) is 0 Å². The standard InChI is InChI=1S/C81H69N4.Ir/c1-80(2,3)63-41-44-82-78(52-63)58-35-38-72(75(50-58)55-23-10-7-11-24-55)69-32-19-16-29-66(69)60-47-61(49-62(48-60)68-31-18-21-34-71(68)74-40-37-65(85-46-22-43-84-85)54-77(74)57-27-14-9-15-28-57)67-30-17-20-33-70(67)73-39-36-59(51-76(73)56-25-12-8-13-26-56)79-53-64(42-45-83-79)81(4,5)6;/h7-34,38-46,50-54,60-62H,47-49H2,1-6H3;/q-3;+3. The Kier molecular flexibility index (Phi) is 16.5. The Morgan fingerprint density at radius 3 is 1.09 bits per heavy atom. The fourth-order valence-corrected chi connectivity index (χ4v) is 13.0. The predicted octanol–water partition coefficient (Wildman–Crippen LogP) is 20.8. The van der Waals surface area contributed by atoms with Gasteiger partial charge in [-0.15, -0.1) is 64.7 Å². The first-order valence-electron chi connectivity index (χ1n) is 30.0. The molecule has 0 bridgehead atoms. The van der Waals surface area contributed by atoms with Crippen molar-refractivity contribution in [2.75, 3.05) is 0 Å². The molecule has 0 amide bonds. The molecular formula is C81H69IrN4. The molecule has 0 aliphatic heterocycles. The molecule has 13 rings (SSSR count). The van der Waals surface area contributed by atoms with Crippen LogP contribution in [0.5, 0.6) is 0 Å². The second-order valence-corrected chi connectivity index (χ2v) is 25.0. The quantitative estimate of drug-likeness (QED) is 0.115. The summed E-state index contributed by atoms with van der Waals surface area (Å²) in [5, 5.41) is 4.63. The Labute approximate surface area is 522 Å². The number of benzene rings is 9. The Bertz CT molecular complexity index is 4110. The fourth-order valence-electron chi connectivity index (χ4n) is 13.0. The summed E-state index contributed by atoms with van der Waals surface area (Å²) >= 11 is 0. The van der Waals surface area contributed by atoms with Gasteiger partial charge in [-0.3, -0.25) is 4.68 Å². The van der Waals surface area contributed by atoms with E-state index in [0.717, 1.165) is 75.3 Å². The Hall–Kier alpha value is -8.86. The van der Waals surface area contributed by atoms with Crippen LogP contribution in [0, 0.1) is 18.2 Å². The first-order chi connectivity index (χ1) is 41.4. The number of pyridine rings is 2. The molecule has 86 heavy (non-hydrogen) atoms. The molecule has 0 radical (unpaired) electrons. The minimum absolute atomic E-state index is 0. The van der Waals surface area contributed by atoms with E-state index in [1.165, 1.54) is 66.8 Å². The molecule has 3 aromatic heterocycles. The van der Waals surface area contributed by atoms with Crippen molar-refractivity contribution in [3.05, 3.63) is 301 Å². The minimum atomic E-state index is -0.0202. The summed E-state index contributed by atoms with van der Waals surface area (Å²) in [5.74, 6) is 0.545. The second kappa shape index (κ2) is 24.6. The van der Waals surface area contributed by atoms with Crippen molar-refractivity contribution >= 4 is 0 Å². The third kappa shape index (κ3) is 11.9. The number of nitrogens with zero attached hydrogens (tertiary/aromatic N) is 4. The molecule has 12 aromatic rings. The number of aromatic nitrogens is 4. The van der Waals surface area contributed by atoms with Gasteiger partial charge in [-0.05, 0) is 128 Å². The SMILES string of the molecule is CC(C)(C)c1ccnc(-c2[c-]cc(-c3ccccc3C3CC(c4ccccc4-c4c[c-]c(-c5cc(C(C)(C)C)ccn5)cc4-c4ccccc4)CC(c4ccccc4-c4c[c-]c(-n5cccn5)cc4-c4ccccc4)C3)c(-c3ccccc3)c2)c1.[Ir+3]. The summed E-state index contributed by atoms with van der Waals surface area (Å²) in [5.41, 5.74) is 25.4. The maximum Gasteiger partial charge on any atom is 3.00 e. The molecule has 9 aromatic carbocycles. The number of hydrogen-bond donors (Lipinski definition) is 0. The van der Waals surface area contributed by atoms with Gasteiger partial charge in [-0.2, -0.15) is 17.2 Å². The molecule has 1 saturated carbocycles. The maximum atomic E-state index is 4.93. The third-order valence-corrected chi connectivity index (χ3v) is 17.4. The normalized spacial score (nSPS) is 15.2. The molecule has 422 valence electrons. The average Bonchev–Trinajstić information content (AvgIpc) is 1.20. The molecule has 1 aliphatic carbocycles. The van der Waals surface area contributed by atoms with Gasteiger partial charge in [0.25, 0.3) is 0 Å². The smallest absolute Gasteiger partial charge is 0.305 e. The fraction of sp³-hybridized carbons (Fsp3) is 0.173. The van der Waals surface area contributed by atoms with Crippen LogP contribution < -0.4 is 0 Å². The Morgan fingerprint density at radius 2 is 0.721 bits per heavy atom. The van der Waals surface area contributed by atoms with Gasteiger partial charge < -0.3 is 9.97 Å². The van der Waals surface area contributed by atoms with Gasteiger partial charge in [0.15, 0.2) is 0 Å². The molecule has 2 unspecified atom stereocenters. The molecule has 3 heterocycles. The molecule has 0 saturated heterocycles. The van der Waals surface area contributed by atoms with E-state index >= 15 is 0 Å². The summed E-state index contributed by atoms with van der Waals surface area (Å²) in [4.78, 5) is 9.86. The first-order valence-corrected chi connectivity index (χ1v) is 30.0. The van der Waals surface area contributed by atoms with Gasteiger partial charge in [0.1, 0.15) is 0 Å². The van der Waals surface area contributed by atoms with Crippen LogP contribution in [0.15, 0.2) is 255 Å². The summed E-state index contributed by atoms with van der Waals surface area (Å²) in [6, 6.07) is 95.7. The summed E-state index contributed by atoms with van der Waals surface area (Å²) in [6.07, 6.45) is 10.6. The van der Waals surface area contributed by atoms with Crippen molar-refractivity contribution in [2.45, 2.75) is 89.4 Å². The first kappa shape index (κ1) is 57.6. The van der Waals surface area contributed by atoms with Crippen molar-refractivity contribution in [3.63, 3.8) is 0 Å². The van der Waals surface area contributed by atoms with E-state index < -0.39 is 0 Å².